The van der Waals surface area contributed by atoms with E-state index in [1.165, 1.54) is 4.31 Å². The number of benzene rings is 2. The van der Waals surface area contributed by atoms with Gasteiger partial charge in [0.1, 0.15) is 6.61 Å². The maximum atomic E-state index is 13.1. The van der Waals surface area contributed by atoms with Crippen molar-refractivity contribution in [1.82, 2.24) is 4.31 Å². The van der Waals surface area contributed by atoms with Gasteiger partial charge >= 0.3 is 6.09 Å². The second kappa shape index (κ2) is 7.71. The molecule has 0 bridgehead atoms. The predicted molar refractivity (Wildman–Crippen MR) is 116 cm³/mol. The summed E-state index contributed by atoms with van der Waals surface area (Å²) in [7, 11) is -3.55. The van der Waals surface area contributed by atoms with E-state index in [1.54, 1.807) is 17.0 Å². The van der Waals surface area contributed by atoms with Gasteiger partial charge in [0.15, 0.2) is 0 Å². The monoisotopic (exact) mass is 428 g/mol. The van der Waals surface area contributed by atoms with Crippen LogP contribution in [-0.2, 0) is 26.8 Å². The van der Waals surface area contributed by atoms with E-state index < -0.39 is 10.0 Å². The number of anilines is 1. The Hall–Kier alpha value is -2.38. The molecule has 160 valence electrons. The summed E-state index contributed by atoms with van der Waals surface area (Å²) in [5, 5.41) is 0. The normalized spacial score (nSPS) is 18.8. The van der Waals surface area contributed by atoms with Crippen LogP contribution < -0.4 is 4.90 Å². The van der Waals surface area contributed by atoms with Gasteiger partial charge in [-0.2, -0.15) is 4.31 Å². The lowest BCUT2D eigenvalue weighted by Crippen LogP contribution is -2.50. The first kappa shape index (κ1) is 20.9. The molecule has 0 atom stereocenters. The average Bonchev–Trinajstić information content (AvgIpc) is 2.73. The minimum absolute atomic E-state index is 0.0278. The molecule has 0 aromatic heterocycles. The number of carbonyl (C=O) groups excluding carboxylic acids is 1. The number of carbonyl (C=O) groups is 1. The van der Waals surface area contributed by atoms with E-state index in [4.69, 9.17) is 4.74 Å². The average molecular weight is 429 g/mol. The van der Waals surface area contributed by atoms with Crippen molar-refractivity contribution in [3.8, 4) is 0 Å². The third-order valence-corrected chi connectivity index (χ3v) is 7.86. The zero-order valence-electron chi connectivity index (χ0n) is 17.7. The van der Waals surface area contributed by atoms with Gasteiger partial charge in [0.05, 0.1) is 10.6 Å². The van der Waals surface area contributed by atoms with Crippen molar-refractivity contribution >= 4 is 21.8 Å². The van der Waals surface area contributed by atoms with Crippen molar-refractivity contribution in [1.29, 1.82) is 0 Å². The Bertz CT molecular complexity index is 1030. The molecule has 30 heavy (non-hydrogen) atoms. The van der Waals surface area contributed by atoms with Gasteiger partial charge in [0, 0.05) is 24.7 Å². The van der Waals surface area contributed by atoms with Gasteiger partial charge in [0.25, 0.3) is 0 Å². The van der Waals surface area contributed by atoms with Crippen molar-refractivity contribution in [3.63, 3.8) is 0 Å². The van der Waals surface area contributed by atoms with Crippen LogP contribution in [-0.4, -0.2) is 37.9 Å². The summed E-state index contributed by atoms with van der Waals surface area (Å²) >= 11 is 0. The maximum Gasteiger partial charge on any atom is 0.414 e. The SMILES string of the molecule is CC(C)(C)c1ccc(S(=O)(=O)N2CCC(N3C(=O)OCc4ccccc43)CC2)cc1. The van der Waals surface area contributed by atoms with E-state index in [9.17, 15) is 13.2 Å². The van der Waals surface area contributed by atoms with Gasteiger partial charge in [-0.05, 0) is 42.0 Å². The fourth-order valence-electron chi connectivity index (χ4n) is 4.14. The van der Waals surface area contributed by atoms with E-state index in [0.717, 1.165) is 16.8 Å². The summed E-state index contributed by atoms with van der Waals surface area (Å²) in [4.78, 5) is 14.5. The summed E-state index contributed by atoms with van der Waals surface area (Å²) in [5.74, 6) is 0. The number of piperidine rings is 1. The summed E-state index contributed by atoms with van der Waals surface area (Å²) < 4.78 is 33.1. The Kier molecular flexibility index (Phi) is 5.36. The van der Waals surface area contributed by atoms with Crippen LogP contribution >= 0.6 is 0 Å². The quantitative estimate of drug-likeness (QED) is 0.731. The summed E-state index contributed by atoms with van der Waals surface area (Å²) in [6.07, 6.45) is 0.790. The number of cyclic esters (lactones) is 1. The number of ether oxygens (including phenoxy) is 1. The predicted octanol–water partition coefficient (Wildman–Crippen LogP) is 4.29. The molecule has 0 saturated carbocycles. The Morgan fingerprint density at radius 2 is 1.60 bits per heavy atom. The first-order chi connectivity index (χ1) is 14.2. The summed E-state index contributed by atoms with van der Waals surface area (Å²) in [6.45, 7) is 7.34. The Balaban J connectivity index is 1.49. The van der Waals surface area contributed by atoms with Gasteiger partial charge in [-0.3, -0.25) is 4.90 Å². The molecule has 1 fully saturated rings. The van der Waals surface area contributed by atoms with Crippen LogP contribution in [0.25, 0.3) is 0 Å². The Morgan fingerprint density at radius 3 is 2.23 bits per heavy atom. The van der Waals surface area contributed by atoms with Crippen LogP contribution in [0.3, 0.4) is 0 Å². The Morgan fingerprint density at radius 1 is 0.967 bits per heavy atom. The molecule has 2 aliphatic rings. The topological polar surface area (TPSA) is 66.9 Å². The van der Waals surface area contributed by atoms with Crippen LogP contribution in [0.5, 0.6) is 0 Å². The molecule has 0 N–H and O–H groups in total. The molecule has 0 unspecified atom stereocenters. The van der Waals surface area contributed by atoms with Crippen molar-refractivity contribution in [3.05, 3.63) is 59.7 Å². The van der Waals surface area contributed by atoms with Crippen LogP contribution in [0.2, 0.25) is 0 Å². The first-order valence-corrected chi connectivity index (χ1v) is 11.8. The van der Waals surface area contributed by atoms with Crippen LogP contribution in [0.4, 0.5) is 10.5 Å². The molecule has 7 heteroatoms. The summed E-state index contributed by atoms with van der Waals surface area (Å²) in [6, 6.07) is 14.8. The zero-order chi connectivity index (χ0) is 21.5. The molecule has 1 amide bonds. The molecule has 2 aliphatic heterocycles. The molecule has 0 radical (unpaired) electrons. The van der Waals surface area contributed by atoms with Crippen LogP contribution in [0, 0.1) is 0 Å². The number of para-hydroxylation sites is 1. The highest BCUT2D eigenvalue weighted by molar-refractivity contribution is 7.89. The summed E-state index contributed by atoms with van der Waals surface area (Å²) in [5.41, 5.74) is 2.92. The molecule has 6 nitrogen and oxygen atoms in total. The zero-order valence-corrected chi connectivity index (χ0v) is 18.5. The first-order valence-electron chi connectivity index (χ1n) is 10.3. The second-order valence-electron chi connectivity index (χ2n) is 8.96. The van der Waals surface area contributed by atoms with E-state index in [1.807, 2.05) is 36.4 Å². The van der Waals surface area contributed by atoms with Gasteiger partial charge in [-0.25, -0.2) is 13.2 Å². The maximum absolute atomic E-state index is 13.1. The molecule has 0 spiro atoms. The third kappa shape index (κ3) is 3.84. The molecule has 0 aliphatic carbocycles. The molecule has 2 aromatic rings. The van der Waals surface area contributed by atoms with Gasteiger partial charge in [0.2, 0.25) is 10.0 Å². The highest BCUT2D eigenvalue weighted by atomic mass is 32.2. The fourth-order valence-corrected chi connectivity index (χ4v) is 5.61. The van der Waals surface area contributed by atoms with Crippen LogP contribution in [0.15, 0.2) is 53.4 Å². The van der Waals surface area contributed by atoms with Crippen molar-refractivity contribution in [2.75, 3.05) is 18.0 Å². The number of nitrogens with zero attached hydrogens (tertiary/aromatic N) is 2. The molecule has 1 saturated heterocycles. The number of fused-ring (bicyclic) bond motifs is 1. The highest BCUT2D eigenvalue weighted by Gasteiger charge is 2.37. The minimum atomic E-state index is -3.55. The lowest BCUT2D eigenvalue weighted by molar-refractivity contribution is 0.136. The Labute approximate surface area is 178 Å². The number of rotatable bonds is 3. The van der Waals surface area contributed by atoms with Crippen LogP contribution in [0.1, 0.15) is 44.7 Å². The number of sulfonamides is 1. The van der Waals surface area contributed by atoms with E-state index in [0.29, 0.717) is 30.8 Å². The molecule has 2 heterocycles. The number of amides is 1. The highest BCUT2D eigenvalue weighted by Crippen LogP contribution is 2.33. The number of hydrogen-bond donors (Lipinski definition) is 0. The number of hydrogen-bond acceptors (Lipinski definition) is 4. The van der Waals surface area contributed by atoms with E-state index in [2.05, 4.69) is 20.8 Å². The van der Waals surface area contributed by atoms with Gasteiger partial charge in [-0.1, -0.05) is 51.1 Å². The van der Waals surface area contributed by atoms with Crippen molar-refractivity contribution < 1.29 is 17.9 Å². The molecule has 4 rings (SSSR count). The fraction of sp³-hybridized carbons (Fsp3) is 0.435. The van der Waals surface area contributed by atoms with E-state index in [-0.39, 0.29) is 24.2 Å². The standard InChI is InChI=1S/C23H28N2O4S/c1-23(2,3)18-8-10-20(11-9-18)30(27,28)24-14-12-19(13-15-24)25-21-7-5-4-6-17(21)16-29-22(25)26/h4-11,19H,12-16H2,1-3H3. The second-order valence-corrected chi connectivity index (χ2v) is 10.9. The largest absolute Gasteiger partial charge is 0.444 e. The minimum Gasteiger partial charge on any atom is -0.444 e. The lowest BCUT2D eigenvalue weighted by Gasteiger charge is -2.39. The molecular formula is C23H28N2O4S. The van der Waals surface area contributed by atoms with Crippen molar-refractivity contribution in [2.24, 2.45) is 0 Å². The third-order valence-electron chi connectivity index (χ3n) is 5.95. The van der Waals surface area contributed by atoms with Gasteiger partial charge in [-0.15, -0.1) is 0 Å². The molecular weight excluding hydrogens is 400 g/mol. The lowest BCUT2D eigenvalue weighted by atomic mass is 9.87. The van der Waals surface area contributed by atoms with Crippen molar-refractivity contribution in [2.45, 2.75) is 56.6 Å². The van der Waals surface area contributed by atoms with Gasteiger partial charge < -0.3 is 4.74 Å². The molecule has 2 aromatic carbocycles. The van der Waals surface area contributed by atoms with E-state index >= 15 is 0 Å². The smallest absolute Gasteiger partial charge is 0.414 e.